The van der Waals surface area contributed by atoms with Gasteiger partial charge in [0.15, 0.2) is 0 Å². The summed E-state index contributed by atoms with van der Waals surface area (Å²) in [5, 5.41) is 0. The zero-order valence-electron chi connectivity index (χ0n) is 11.5. The first-order valence-corrected chi connectivity index (χ1v) is 7.03. The van der Waals surface area contributed by atoms with Crippen molar-refractivity contribution in [3.8, 4) is 0 Å². The Morgan fingerprint density at radius 1 is 1.06 bits per heavy atom. The van der Waals surface area contributed by atoms with Crippen LogP contribution in [0.15, 0.2) is 12.2 Å². The molecule has 0 aromatic heterocycles. The quantitative estimate of drug-likeness (QED) is 0.442. The fourth-order valence-electron chi connectivity index (χ4n) is 2.38. The summed E-state index contributed by atoms with van der Waals surface area (Å²) in [6, 6.07) is 0. The van der Waals surface area contributed by atoms with Crippen molar-refractivity contribution in [3.63, 3.8) is 0 Å². The molecule has 2 fully saturated rings. The molecule has 18 heavy (non-hydrogen) atoms. The Kier molecular flexibility index (Phi) is 10.5. The summed E-state index contributed by atoms with van der Waals surface area (Å²) in [5.74, 6) is 0.357. The van der Waals surface area contributed by atoms with Gasteiger partial charge in [-0.3, -0.25) is 0 Å². The van der Waals surface area contributed by atoms with Gasteiger partial charge >= 0.3 is 23.0 Å². The van der Waals surface area contributed by atoms with E-state index in [1.165, 1.54) is 57.8 Å². The van der Waals surface area contributed by atoms with Crippen molar-refractivity contribution in [1.82, 2.24) is 0 Å². The normalized spacial score (nSPS) is 18.5. The molecule has 0 aromatic carbocycles. The predicted molar refractivity (Wildman–Crippen MR) is 70.8 cm³/mol. The summed E-state index contributed by atoms with van der Waals surface area (Å²) in [7, 11) is 0. The molecule has 2 aliphatic carbocycles. The van der Waals surface area contributed by atoms with Crippen molar-refractivity contribution < 1.29 is 26.6 Å². The van der Waals surface area contributed by atoms with Gasteiger partial charge in [0.1, 0.15) is 0 Å². The van der Waals surface area contributed by atoms with E-state index in [1.807, 2.05) is 0 Å². The minimum Gasteiger partial charge on any atom is -0.462 e. The van der Waals surface area contributed by atoms with Crippen LogP contribution >= 0.6 is 0 Å². The Hall–Kier alpha value is -0.271. The molecule has 0 bridgehead atoms. The number of hydrogen-bond acceptors (Lipinski definition) is 2. The van der Waals surface area contributed by atoms with Gasteiger partial charge in [-0.15, -0.1) is 0 Å². The maximum atomic E-state index is 11.0. The number of esters is 1. The fraction of sp³-hybridized carbons (Fsp3) is 0.800. The van der Waals surface area contributed by atoms with E-state index in [2.05, 4.69) is 6.58 Å². The summed E-state index contributed by atoms with van der Waals surface area (Å²) < 4.78 is 5.05. The maximum Gasteiger partial charge on any atom is 2.00 e. The predicted octanol–water partition coefficient (Wildman–Crippen LogP) is 4.24. The second-order valence-corrected chi connectivity index (χ2v) is 5.30. The molecule has 0 saturated heterocycles. The topological polar surface area (TPSA) is 26.3 Å². The Morgan fingerprint density at radius 2 is 1.50 bits per heavy atom. The van der Waals surface area contributed by atoms with Gasteiger partial charge in [-0.2, -0.15) is 0 Å². The minimum atomic E-state index is -0.248. The number of rotatable bonds is 3. The largest absolute Gasteiger partial charge is 2.00 e. The van der Waals surface area contributed by atoms with Gasteiger partial charge in [-0.1, -0.05) is 51.5 Å². The molecule has 0 aliphatic heterocycles. The number of ether oxygens (including phenoxy) is 1. The molecular weight excluding hydrogens is 268 g/mol. The molecule has 0 radical (unpaired) electrons. The minimum absolute atomic E-state index is 0. The van der Waals surface area contributed by atoms with Gasteiger partial charge in [0.2, 0.25) is 0 Å². The zero-order valence-corrected chi connectivity index (χ0v) is 12.6. The molecule has 0 aromatic rings. The van der Waals surface area contributed by atoms with Crippen LogP contribution in [0.25, 0.3) is 0 Å². The second-order valence-electron chi connectivity index (χ2n) is 5.30. The molecule has 2 saturated carbocycles. The molecule has 0 spiro atoms. The Balaban J connectivity index is 0.000000405. The molecule has 3 heteroatoms. The molecule has 0 atom stereocenters. The van der Waals surface area contributed by atoms with E-state index in [1.54, 1.807) is 6.92 Å². The first-order chi connectivity index (χ1) is 8.20. The van der Waals surface area contributed by atoms with E-state index in [-0.39, 0.29) is 23.0 Å². The van der Waals surface area contributed by atoms with Gasteiger partial charge in [-0.05, 0) is 25.7 Å². The maximum absolute atomic E-state index is 11.0. The molecule has 0 N–H and O–H groups in total. The van der Waals surface area contributed by atoms with E-state index >= 15 is 0 Å². The Labute approximate surface area is 122 Å². The monoisotopic (exact) mass is 294 g/mol. The first kappa shape index (κ1) is 17.7. The molecule has 2 rings (SSSR count). The molecular formula is C15H26FeO2+2. The number of hydrogen-bond donors (Lipinski definition) is 0. The smallest absolute Gasteiger partial charge is 0.462 e. The molecule has 0 unspecified atom stereocenters. The van der Waals surface area contributed by atoms with Crippen LogP contribution in [-0.2, 0) is 26.6 Å². The van der Waals surface area contributed by atoms with Crippen LogP contribution in [0.4, 0.5) is 0 Å². The summed E-state index contributed by atoms with van der Waals surface area (Å²) in [6.07, 6.45) is 12.5. The van der Waals surface area contributed by atoms with Crippen molar-refractivity contribution in [2.45, 2.75) is 64.7 Å². The van der Waals surface area contributed by atoms with Crippen LogP contribution in [-0.4, -0.2) is 12.6 Å². The zero-order chi connectivity index (χ0) is 12.5. The van der Waals surface area contributed by atoms with E-state index in [0.717, 1.165) is 0 Å². The van der Waals surface area contributed by atoms with Crippen molar-refractivity contribution >= 4 is 5.97 Å². The molecule has 0 heterocycles. The SMILES string of the molecule is C1CCCC1.C=C(C)C(=O)OCC1CCCC1.[Fe+2]. The number of carbonyl (C=O) groups is 1. The van der Waals surface area contributed by atoms with Gasteiger partial charge in [0.05, 0.1) is 6.61 Å². The van der Waals surface area contributed by atoms with Crippen molar-refractivity contribution in [2.75, 3.05) is 6.61 Å². The van der Waals surface area contributed by atoms with E-state index < -0.39 is 0 Å². The Bertz CT molecular complexity index is 233. The fourth-order valence-corrected chi connectivity index (χ4v) is 2.38. The summed E-state index contributed by atoms with van der Waals surface area (Å²) in [4.78, 5) is 11.0. The van der Waals surface area contributed by atoms with E-state index in [4.69, 9.17) is 4.74 Å². The summed E-state index contributed by atoms with van der Waals surface area (Å²) in [6.45, 7) is 5.79. The second kappa shape index (κ2) is 10.6. The standard InChI is InChI=1S/C10H16O2.C5H10.Fe/c1-8(2)10(11)12-7-9-5-3-4-6-9;1-2-4-5-3-1;/h9H,1,3-7H2,2H3;1-5H2;/q;;+2. The average Bonchev–Trinajstić information content (AvgIpc) is 3.00. The van der Waals surface area contributed by atoms with Gasteiger partial charge in [-0.25, -0.2) is 4.79 Å². The molecule has 104 valence electrons. The van der Waals surface area contributed by atoms with E-state index in [0.29, 0.717) is 18.1 Å². The van der Waals surface area contributed by atoms with Crippen LogP contribution in [0.2, 0.25) is 0 Å². The van der Waals surface area contributed by atoms with Gasteiger partial charge in [0.25, 0.3) is 0 Å². The van der Waals surface area contributed by atoms with Crippen LogP contribution in [0.3, 0.4) is 0 Å². The van der Waals surface area contributed by atoms with Crippen LogP contribution in [0.1, 0.15) is 64.7 Å². The van der Waals surface area contributed by atoms with Crippen LogP contribution in [0, 0.1) is 5.92 Å². The number of carbonyl (C=O) groups excluding carboxylic acids is 1. The molecule has 0 amide bonds. The Morgan fingerprint density at radius 3 is 1.89 bits per heavy atom. The van der Waals surface area contributed by atoms with Crippen molar-refractivity contribution in [3.05, 3.63) is 12.2 Å². The van der Waals surface area contributed by atoms with Crippen molar-refractivity contribution in [1.29, 1.82) is 0 Å². The van der Waals surface area contributed by atoms with Crippen LogP contribution < -0.4 is 0 Å². The average molecular weight is 294 g/mol. The summed E-state index contributed by atoms with van der Waals surface area (Å²) >= 11 is 0. The third-order valence-electron chi connectivity index (χ3n) is 3.52. The molecule has 2 aliphatic rings. The van der Waals surface area contributed by atoms with E-state index in [9.17, 15) is 4.79 Å². The van der Waals surface area contributed by atoms with Crippen LogP contribution in [0.5, 0.6) is 0 Å². The van der Waals surface area contributed by atoms with Crippen molar-refractivity contribution in [2.24, 2.45) is 5.92 Å². The third kappa shape index (κ3) is 7.94. The molecule has 2 nitrogen and oxygen atoms in total. The first-order valence-electron chi connectivity index (χ1n) is 7.03. The van der Waals surface area contributed by atoms with Gasteiger partial charge in [0, 0.05) is 5.57 Å². The van der Waals surface area contributed by atoms with Gasteiger partial charge < -0.3 is 4.74 Å². The third-order valence-corrected chi connectivity index (χ3v) is 3.52. The summed E-state index contributed by atoms with van der Waals surface area (Å²) in [5.41, 5.74) is 0.494.